The van der Waals surface area contributed by atoms with Gasteiger partial charge in [-0.1, -0.05) is 86.9 Å². The van der Waals surface area contributed by atoms with Crippen LogP contribution in [0.1, 0.15) is 84.6 Å². The van der Waals surface area contributed by atoms with Crippen LogP contribution in [0.25, 0.3) is 11.1 Å². The lowest BCUT2D eigenvalue weighted by molar-refractivity contribution is -0.151. The highest BCUT2D eigenvalue weighted by Crippen LogP contribution is 2.48. The van der Waals surface area contributed by atoms with E-state index in [1.807, 2.05) is 24.3 Å². The highest BCUT2D eigenvalue weighted by molar-refractivity contribution is 8.00. The molecule has 3 rings (SSSR count). The monoisotopic (exact) mass is 622 g/mol. The number of ether oxygens (including phenoxy) is 2. The molecule has 2 aromatic rings. The van der Waals surface area contributed by atoms with Gasteiger partial charge in [0.1, 0.15) is 17.7 Å². The topological polar surface area (TPSA) is 84.9 Å². The third-order valence-corrected chi connectivity index (χ3v) is 9.44. The van der Waals surface area contributed by atoms with Gasteiger partial charge in [0.15, 0.2) is 0 Å². The maximum Gasteiger partial charge on any atom is 0.408 e. The molecule has 0 unspecified atom stereocenters. The second kappa shape index (κ2) is 16.7. The van der Waals surface area contributed by atoms with Gasteiger partial charge >= 0.3 is 12.1 Å². The van der Waals surface area contributed by atoms with Crippen LogP contribution >= 0.6 is 11.8 Å². The summed E-state index contributed by atoms with van der Waals surface area (Å²) in [5, 5.41) is 2.83. The summed E-state index contributed by atoms with van der Waals surface area (Å²) in [7, 11) is 1.36. The number of nitrogens with one attached hydrogen (secondary N) is 1. The van der Waals surface area contributed by atoms with Gasteiger partial charge in [-0.25, -0.2) is 9.59 Å². The van der Waals surface area contributed by atoms with Gasteiger partial charge in [0.2, 0.25) is 5.91 Å². The first kappa shape index (κ1) is 35.2. The van der Waals surface area contributed by atoms with Crippen LogP contribution in [0, 0.1) is 0 Å². The van der Waals surface area contributed by atoms with Crippen molar-refractivity contribution in [3.8, 4) is 11.1 Å². The van der Waals surface area contributed by atoms with Crippen molar-refractivity contribution in [2.75, 3.05) is 19.4 Å². The van der Waals surface area contributed by atoms with Gasteiger partial charge < -0.3 is 19.7 Å². The Morgan fingerprint density at radius 2 is 1.73 bits per heavy atom. The van der Waals surface area contributed by atoms with Crippen molar-refractivity contribution >= 4 is 29.7 Å². The summed E-state index contributed by atoms with van der Waals surface area (Å²) in [4.78, 5) is 42.0. The van der Waals surface area contributed by atoms with Crippen LogP contribution < -0.4 is 5.32 Å². The molecule has 0 aliphatic carbocycles. The van der Waals surface area contributed by atoms with Gasteiger partial charge in [0.25, 0.3) is 0 Å². The fraction of sp³-hybridized carbons (Fsp3) is 0.528. The van der Waals surface area contributed by atoms with Crippen molar-refractivity contribution in [2.24, 2.45) is 0 Å². The number of hydrogen-bond donors (Lipinski definition) is 1. The molecule has 0 saturated carbocycles. The summed E-state index contributed by atoms with van der Waals surface area (Å²) in [6.07, 6.45) is 7.70. The molecular weight excluding hydrogens is 572 g/mol. The van der Waals surface area contributed by atoms with E-state index >= 15 is 0 Å². The third kappa shape index (κ3) is 9.88. The van der Waals surface area contributed by atoms with E-state index in [1.54, 1.807) is 37.4 Å². The van der Waals surface area contributed by atoms with E-state index in [2.05, 4.69) is 55.2 Å². The van der Waals surface area contributed by atoms with Crippen molar-refractivity contribution in [2.45, 2.75) is 101 Å². The van der Waals surface area contributed by atoms with E-state index in [9.17, 15) is 14.4 Å². The van der Waals surface area contributed by atoms with Gasteiger partial charge in [-0.2, -0.15) is 0 Å². The summed E-state index contributed by atoms with van der Waals surface area (Å²) in [6.45, 7) is 11.7. The summed E-state index contributed by atoms with van der Waals surface area (Å²) in [5.74, 6) is 0.170. The van der Waals surface area contributed by atoms with Crippen molar-refractivity contribution in [1.82, 2.24) is 10.2 Å². The predicted molar refractivity (Wildman–Crippen MR) is 179 cm³/mol. The van der Waals surface area contributed by atoms with Crippen LogP contribution in [-0.2, 0) is 23.8 Å². The fourth-order valence-electron chi connectivity index (χ4n) is 5.58. The number of benzene rings is 2. The van der Waals surface area contributed by atoms with E-state index in [0.29, 0.717) is 19.4 Å². The Kier molecular flexibility index (Phi) is 13.4. The molecule has 0 bridgehead atoms. The number of hydrogen-bond acceptors (Lipinski definition) is 6. The molecule has 2 amide bonds. The van der Waals surface area contributed by atoms with Crippen molar-refractivity contribution in [1.29, 1.82) is 0 Å². The average Bonchev–Trinajstić information content (AvgIpc) is 3.40. The lowest BCUT2D eigenvalue weighted by Crippen LogP contribution is -2.52. The summed E-state index contributed by atoms with van der Waals surface area (Å²) < 4.78 is 10.2. The number of likely N-dealkylation sites (tertiary alicyclic amines) is 1. The van der Waals surface area contributed by atoms with Crippen LogP contribution in [0.4, 0.5) is 4.79 Å². The number of thioether (sulfide) groups is 1. The molecule has 44 heavy (non-hydrogen) atoms. The Morgan fingerprint density at radius 1 is 1.05 bits per heavy atom. The Labute approximate surface area is 268 Å². The molecule has 0 radical (unpaired) electrons. The lowest BCUT2D eigenvalue weighted by Gasteiger charge is -2.31. The average molecular weight is 623 g/mol. The van der Waals surface area contributed by atoms with Crippen LogP contribution in [0.5, 0.6) is 0 Å². The first-order valence-electron chi connectivity index (χ1n) is 15.8. The predicted octanol–water partition coefficient (Wildman–Crippen LogP) is 7.89. The minimum atomic E-state index is -0.822. The third-order valence-electron chi connectivity index (χ3n) is 7.87. The maximum absolute atomic E-state index is 14.3. The molecule has 1 heterocycles. The number of nitrogens with zero attached hydrogens (tertiary/aromatic N) is 1. The highest BCUT2D eigenvalue weighted by atomic mass is 32.2. The Hall–Kier alpha value is -3.26. The highest BCUT2D eigenvalue weighted by Gasteiger charge is 2.51. The molecule has 1 aliphatic heterocycles. The molecule has 1 saturated heterocycles. The van der Waals surface area contributed by atoms with Crippen LogP contribution in [-0.4, -0.2) is 60.0 Å². The number of unbranched alkanes of at least 4 members (excludes halogenated alkanes) is 4. The number of esters is 1. The zero-order chi connectivity index (χ0) is 32.2. The number of alkyl carbamates (subject to hydrolysis) is 1. The zero-order valence-corrected chi connectivity index (χ0v) is 27.9. The zero-order valence-electron chi connectivity index (χ0n) is 27.1. The molecule has 8 heteroatoms. The Bertz CT molecular complexity index is 1230. The molecule has 1 N–H and O–H groups in total. The summed E-state index contributed by atoms with van der Waals surface area (Å²) >= 11 is 1.80. The van der Waals surface area contributed by atoms with Gasteiger partial charge in [0.05, 0.1) is 11.9 Å². The number of amides is 2. The molecule has 0 spiro atoms. The number of rotatable bonds is 15. The van der Waals surface area contributed by atoms with Gasteiger partial charge in [-0.3, -0.25) is 4.79 Å². The normalized spacial score (nSPS) is 18.8. The first-order chi connectivity index (χ1) is 21.0. The fourth-order valence-corrected chi connectivity index (χ4v) is 7.21. The Balaban J connectivity index is 1.95. The van der Waals surface area contributed by atoms with Crippen LogP contribution in [0.15, 0.2) is 67.3 Å². The first-order valence-corrected chi connectivity index (χ1v) is 16.8. The number of carbonyl (C=O) groups is 3. The lowest BCUT2D eigenvalue weighted by atomic mass is 9.93. The van der Waals surface area contributed by atoms with Crippen molar-refractivity contribution in [3.05, 3.63) is 72.8 Å². The quantitative estimate of drug-likeness (QED) is 0.124. The molecule has 3 atom stereocenters. The molecule has 0 aromatic heterocycles. The molecule has 240 valence electrons. The number of methoxy groups -OCH3 is 1. The molecule has 7 nitrogen and oxygen atoms in total. The molecule has 1 fully saturated rings. The second-order valence-electron chi connectivity index (χ2n) is 12.5. The van der Waals surface area contributed by atoms with E-state index in [1.165, 1.54) is 7.11 Å². The minimum Gasteiger partial charge on any atom is -0.467 e. The van der Waals surface area contributed by atoms with E-state index in [4.69, 9.17) is 9.47 Å². The van der Waals surface area contributed by atoms with E-state index in [-0.39, 0.29) is 5.91 Å². The second-order valence-corrected chi connectivity index (χ2v) is 14.0. The maximum atomic E-state index is 14.3. The standard InChI is InChI=1S/C36H50N2O5S/c1-7-9-11-12-16-19-30(37-34(41)43-35(3,4)5)32(39)38-26-36(44-24-10-8-2,25-31(38)33(40)42-6)29-22-20-28(21-23-29)27-17-14-13-15-18-27/h7,13-15,17-18,20-23,30-31H,1,8-12,16,19,24-26H2,2-6H3,(H,37,41)/t30-,31-,36-/m0/s1. The smallest absolute Gasteiger partial charge is 0.408 e. The molecular formula is C36H50N2O5S. The largest absolute Gasteiger partial charge is 0.467 e. The Morgan fingerprint density at radius 3 is 2.34 bits per heavy atom. The van der Waals surface area contributed by atoms with Crippen molar-refractivity contribution < 1.29 is 23.9 Å². The molecule has 2 aromatic carbocycles. The van der Waals surface area contributed by atoms with Crippen LogP contribution in [0.3, 0.4) is 0 Å². The SMILES string of the molecule is C=CCCCCC[C@H](NC(=O)OC(C)(C)C)C(=O)N1C[C@](SCCCC)(c2ccc(-c3ccccc3)cc2)C[C@H]1C(=O)OC. The van der Waals surface area contributed by atoms with Crippen LogP contribution in [0.2, 0.25) is 0 Å². The van der Waals surface area contributed by atoms with Crippen molar-refractivity contribution in [3.63, 3.8) is 0 Å². The number of allylic oxidation sites excluding steroid dienone is 1. The van der Waals surface area contributed by atoms with Gasteiger partial charge in [0, 0.05) is 6.54 Å². The van der Waals surface area contributed by atoms with Gasteiger partial charge in [-0.05, 0) is 75.3 Å². The van der Waals surface area contributed by atoms with E-state index in [0.717, 1.165) is 61.0 Å². The van der Waals surface area contributed by atoms with E-state index < -0.39 is 34.5 Å². The molecule has 1 aliphatic rings. The minimum absolute atomic E-state index is 0.283. The van der Waals surface area contributed by atoms with Gasteiger partial charge in [-0.15, -0.1) is 18.3 Å². The summed E-state index contributed by atoms with van der Waals surface area (Å²) in [5.41, 5.74) is 2.60. The number of carbonyl (C=O) groups excluding carboxylic acids is 3. The summed E-state index contributed by atoms with van der Waals surface area (Å²) in [6, 6.07) is 17.1.